The summed E-state index contributed by atoms with van der Waals surface area (Å²) in [6, 6.07) is 2.08. The van der Waals surface area contributed by atoms with Crippen LogP contribution in [0, 0.1) is 0 Å². The molecule has 0 atom stereocenters. The molecule has 2 aromatic rings. The van der Waals surface area contributed by atoms with Crippen LogP contribution in [-0.4, -0.2) is 16.6 Å². The summed E-state index contributed by atoms with van der Waals surface area (Å²) in [4.78, 5) is 4.28. The van der Waals surface area contributed by atoms with Gasteiger partial charge in [-0.05, 0) is 13.1 Å². The van der Waals surface area contributed by atoms with E-state index in [0.717, 1.165) is 31.1 Å². The molecule has 0 spiro atoms. The number of aromatic nitrogens is 2. The number of imidazole rings is 1. The van der Waals surface area contributed by atoms with Gasteiger partial charge in [0, 0.05) is 30.9 Å². The minimum Gasteiger partial charge on any atom is -0.467 e. The second-order valence-electron chi connectivity index (χ2n) is 3.78. The fraction of sp³-hybridized carbons (Fsp3) is 0.417. The third-order valence-electron chi connectivity index (χ3n) is 2.53. The van der Waals surface area contributed by atoms with Gasteiger partial charge in [0.05, 0.1) is 12.8 Å². The quantitative estimate of drug-likeness (QED) is 0.834. The zero-order chi connectivity index (χ0) is 11.4. The average Bonchev–Trinajstić information content (AvgIpc) is 2.89. The van der Waals surface area contributed by atoms with Crippen molar-refractivity contribution in [3.63, 3.8) is 0 Å². The number of nitrogens with zero attached hydrogens (tertiary/aromatic N) is 2. The number of aryl methyl sites for hydroxylation is 1. The third-order valence-corrected chi connectivity index (χ3v) is 2.53. The lowest BCUT2D eigenvalue weighted by Crippen LogP contribution is -2.04. The first kappa shape index (κ1) is 11.0. The van der Waals surface area contributed by atoms with E-state index >= 15 is 0 Å². The molecule has 4 heteroatoms. The van der Waals surface area contributed by atoms with E-state index in [1.54, 1.807) is 6.26 Å². The second-order valence-corrected chi connectivity index (χ2v) is 3.78. The standard InChI is InChI=1S/C12H17N3O/c1-3-12-14-4-5-15(12)8-11-6-10(7-13-2)9-16-11/h4-6,9,13H,3,7-8H2,1-2H3. The summed E-state index contributed by atoms with van der Waals surface area (Å²) in [5.74, 6) is 2.06. The van der Waals surface area contributed by atoms with Crippen LogP contribution in [-0.2, 0) is 19.5 Å². The number of hydrogen-bond acceptors (Lipinski definition) is 3. The summed E-state index contributed by atoms with van der Waals surface area (Å²) < 4.78 is 7.61. The zero-order valence-electron chi connectivity index (χ0n) is 9.73. The Balaban J connectivity index is 2.08. The second kappa shape index (κ2) is 4.99. The molecule has 4 nitrogen and oxygen atoms in total. The molecule has 16 heavy (non-hydrogen) atoms. The smallest absolute Gasteiger partial charge is 0.123 e. The molecule has 2 heterocycles. The molecule has 1 N–H and O–H groups in total. The number of nitrogens with one attached hydrogen (secondary N) is 1. The Bertz CT molecular complexity index is 445. The molecule has 0 saturated carbocycles. The van der Waals surface area contributed by atoms with Gasteiger partial charge in [-0.15, -0.1) is 0 Å². The van der Waals surface area contributed by atoms with E-state index in [2.05, 4.69) is 27.9 Å². The van der Waals surface area contributed by atoms with Crippen LogP contribution in [0.3, 0.4) is 0 Å². The molecule has 0 aliphatic carbocycles. The van der Waals surface area contributed by atoms with Gasteiger partial charge in [0.2, 0.25) is 0 Å². The van der Waals surface area contributed by atoms with Gasteiger partial charge in [-0.2, -0.15) is 0 Å². The topological polar surface area (TPSA) is 43.0 Å². The normalized spacial score (nSPS) is 10.9. The number of hydrogen-bond donors (Lipinski definition) is 1. The minimum atomic E-state index is 0.757. The van der Waals surface area contributed by atoms with Crippen molar-refractivity contribution in [2.45, 2.75) is 26.4 Å². The molecular weight excluding hydrogens is 202 g/mol. The van der Waals surface area contributed by atoms with E-state index in [1.165, 1.54) is 5.56 Å². The first-order valence-corrected chi connectivity index (χ1v) is 5.54. The van der Waals surface area contributed by atoms with Crippen molar-refractivity contribution in [1.29, 1.82) is 0 Å². The number of furan rings is 1. The highest BCUT2D eigenvalue weighted by Crippen LogP contribution is 2.10. The molecule has 0 aromatic carbocycles. The van der Waals surface area contributed by atoms with Crippen LogP contribution in [0.5, 0.6) is 0 Å². The van der Waals surface area contributed by atoms with E-state index in [0.29, 0.717) is 0 Å². The van der Waals surface area contributed by atoms with Gasteiger partial charge in [0.25, 0.3) is 0 Å². The Morgan fingerprint density at radius 3 is 3.12 bits per heavy atom. The first-order valence-electron chi connectivity index (χ1n) is 5.54. The first-order chi connectivity index (χ1) is 7.83. The van der Waals surface area contributed by atoms with Crippen LogP contribution < -0.4 is 5.32 Å². The fourth-order valence-corrected chi connectivity index (χ4v) is 1.77. The van der Waals surface area contributed by atoms with Gasteiger partial charge in [-0.1, -0.05) is 6.92 Å². The molecule has 0 radical (unpaired) electrons. The molecule has 0 amide bonds. The lowest BCUT2D eigenvalue weighted by molar-refractivity contribution is 0.487. The van der Waals surface area contributed by atoms with Gasteiger partial charge in [0.15, 0.2) is 0 Å². The van der Waals surface area contributed by atoms with E-state index in [-0.39, 0.29) is 0 Å². The summed E-state index contributed by atoms with van der Waals surface area (Å²) >= 11 is 0. The SMILES string of the molecule is CCc1nccn1Cc1cc(CNC)co1. The monoisotopic (exact) mass is 219 g/mol. The summed E-state index contributed by atoms with van der Waals surface area (Å²) in [6.45, 7) is 3.70. The van der Waals surface area contributed by atoms with Crippen molar-refractivity contribution >= 4 is 0 Å². The molecule has 86 valence electrons. The molecule has 0 aliphatic heterocycles. The van der Waals surface area contributed by atoms with Gasteiger partial charge in [0.1, 0.15) is 11.6 Å². The van der Waals surface area contributed by atoms with Crippen LogP contribution in [0.1, 0.15) is 24.1 Å². The van der Waals surface area contributed by atoms with E-state index in [9.17, 15) is 0 Å². The predicted octanol–water partition coefficient (Wildman–Crippen LogP) is 1.81. The molecule has 0 fully saturated rings. The van der Waals surface area contributed by atoms with Crippen LogP contribution in [0.25, 0.3) is 0 Å². The number of rotatable bonds is 5. The molecule has 0 bridgehead atoms. The molecule has 0 aliphatic rings. The van der Waals surface area contributed by atoms with Crippen molar-refractivity contribution in [1.82, 2.24) is 14.9 Å². The maximum atomic E-state index is 5.50. The van der Waals surface area contributed by atoms with Crippen LogP contribution in [0.4, 0.5) is 0 Å². The predicted molar refractivity (Wildman–Crippen MR) is 62.2 cm³/mol. The van der Waals surface area contributed by atoms with Crippen molar-refractivity contribution in [2.75, 3.05) is 7.05 Å². The van der Waals surface area contributed by atoms with Crippen molar-refractivity contribution in [3.8, 4) is 0 Å². The maximum absolute atomic E-state index is 5.50. The average molecular weight is 219 g/mol. The lowest BCUT2D eigenvalue weighted by Gasteiger charge is -2.02. The molecule has 2 rings (SSSR count). The Labute approximate surface area is 95.3 Å². The van der Waals surface area contributed by atoms with Crippen LogP contribution >= 0.6 is 0 Å². The van der Waals surface area contributed by atoms with Gasteiger partial charge in [-0.3, -0.25) is 0 Å². The molecule has 0 unspecified atom stereocenters. The van der Waals surface area contributed by atoms with Gasteiger partial charge in [-0.25, -0.2) is 4.98 Å². The van der Waals surface area contributed by atoms with Gasteiger partial charge >= 0.3 is 0 Å². The van der Waals surface area contributed by atoms with Crippen molar-refractivity contribution in [2.24, 2.45) is 0 Å². The Morgan fingerprint density at radius 2 is 2.38 bits per heavy atom. The minimum absolute atomic E-state index is 0.757. The van der Waals surface area contributed by atoms with Crippen LogP contribution in [0.15, 0.2) is 29.1 Å². The summed E-state index contributed by atoms with van der Waals surface area (Å²) in [5.41, 5.74) is 1.18. The Kier molecular flexibility index (Phi) is 3.41. The van der Waals surface area contributed by atoms with E-state index < -0.39 is 0 Å². The highest BCUT2D eigenvalue weighted by atomic mass is 16.3. The summed E-state index contributed by atoms with van der Waals surface area (Å²) in [5, 5.41) is 3.10. The maximum Gasteiger partial charge on any atom is 0.123 e. The largest absolute Gasteiger partial charge is 0.467 e. The lowest BCUT2D eigenvalue weighted by atomic mass is 10.3. The van der Waals surface area contributed by atoms with Crippen molar-refractivity contribution < 1.29 is 4.42 Å². The van der Waals surface area contributed by atoms with Crippen LogP contribution in [0.2, 0.25) is 0 Å². The Hall–Kier alpha value is -1.55. The highest BCUT2D eigenvalue weighted by molar-refractivity contribution is 5.13. The Morgan fingerprint density at radius 1 is 1.50 bits per heavy atom. The molecule has 0 saturated heterocycles. The summed E-state index contributed by atoms with van der Waals surface area (Å²) in [6.07, 6.45) is 6.56. The summed E-state index contributed by atoms with van der Waals surface area (Å²) in [7, 11) is 1.93. The van der Waals surface area contributed by atoms with Crippen molar-refractivity contribution in [3.05, 3.63) is 41.9 Å². The molecular formula is C12H17N3O. The van der Waals surface area contributed by atoms with E-state index in [1.807, 2.05) is 19.4 Å². The third kappa shape index (κ3) is 2.33. The van der Waals surface area contributed by atoms with E-state index in [4.69, 9.17) is 4.42 Å². The van der Waals surface area contributed by atoms with Gasteiger partial charge < -0.3 is 14.3 Å². The highest BCUT2D eigenvalue weighted by Gasteiger charge is 2.05. The fourth-order valence-electron chi connectivity index (χ4n) is 1.77. The zero-order valence-corrected chi connectivity index (χ0v) is 9.73. The molecule has 2 aromatic heterocycles.